The van der Waals surface area contributed by atoms with E-state index in [-0.39, 0.29) is 19.0 Å². The predicted octanol–water partition coefficient (Wildman–Crippen LogP) is 6.67. The Morgan fingerprint density at radius 1 is 0.700 bits per heavy atom. The number of fused-ring (bicyclic) bond motifs is 1. The molecule has 7 heteroatoms. The summed E-state index contributed by atoms with van der Waals surface area (Å²) in [5, 5.41) is 6.07. The van der Waals surface area contributed by atoms with Crippen molar-refractivity contribution in [1.29, 1.82) is 0 Å². The minimum Gasteiger partial charge on any atom is -0.489 e. The summed E-state index contributed by atoms with van der Waals surface area (Å²) in [5.74, 6) is 1.13. The summed E-state index contributed by atoms with van der Waals surface area (Å²) < 4.78 is 30.6. The number of carbonyl (C=O) groups excluding carboxylic acids is 1. The molecule has 0 unspecified atom stereocenters. The molecule has 0 aliphatic rings. The molecule has 5 rings (SSSR count). The first-order chi connectivity index (χ1) is 19.6. The van der Waals surface area contributed by atoms with Crippen molar-refractivity contribution >= 4 is 22.9 Å². The third-order valence-corrected chi connectivity index (χ3v) is 6.06. The lowest BCUT2D eigenvalue weighted by Gasteiger charge is -2.12. The fraction of sp³-hybridized carbons (Fsp3) is 0.0909. The molecule has 0 bridgehead atoms. The number of benzene rings is 5. The number of hydrogen-bond donors (Lipinski definition) is 1. The standard InChI is InChI=1S/C33H27FN2O4/c34-27-13-10-25(11-14-27)22-40-32-19-12-26-8-4-5-9-30(26)31(32)20-35-36-33(37)23-39-29-17-15-28(16-18-29)38-21-24-6-2-1-3-7-24/h1-20H,21-23H2,(H,36,37)/b35-20+. The second kappa shape index (κ2) is 13.1. The Balaban J connectivity index is 1.17. The van der Waals surface area contributed by atoms with Gasteiger partial charge in [-0.2, -0.15) is 5.10 Å². The van der Waals surface area contributed by atoms with E-state index in [1.165, 1.54) is 12.1 Å². The molecule has 1 N–H and O–H groups in total. The average Bonchev–Trinajstić information content (AvgIpc) is 3.00. The van der Waals surface area contributed by atoms with Gasteiger partial charge in [0.1, 0.15) is 36.3 Å². The SMILES string of the molecule is O=C(COc1ccc(OCc2ccccc2)cc1)N/N=C/c1c(OCc2ccc(F)cc2)ccc2ccccc12. The Morgan fingerprint density at radius 3 is 2.12 bits per heavy atom. The monoisotopic (exact) mass is 534 g/mol. The van der Waals surface area contributed by atoms with Crippen LogP contribution in [-0.2, 0) is 18.0 Å². The van der Waals surface area contributed by atoms with Gasteiger partial charge in [0.15, 0.2) is 6.61 Å². The maximum absolute atomic E-state index is 13.2. The molecule has 0 heterocycles. The van der Waals surface area contributed by atoms with Gasteiger partial charge in [-0.05, 0) is 64.4 Å². The largest absolute Gasteiger partial charge is 0.489 e. The molecule has 0 atom stereocenters. The van der Waals surface area contributed by atoms with E-state index < -0.39 is 5.91 Å². The van der Waals surface area contributed by atoms with Gasteiger partial charge in [0, 0.05) is 5.56 Å². The summed E-state index contributed by atoms with van der Waals surface area (Å²) in [6, 6.07) is 34.8. The number of rotatable bonds is 11. The molecule has 0 aliphatic carbocycles. The van der Waals surface area contributed by atoms with Crippen molar-refractivity contribution in [3.63, 3.8) is 0 Å². The fourth-order valence-corrected chi connectivity index (χ4v) is 4.00. The van der Waals surface area contributed by atoms with E-state index >= 15 is 0 Å². The number of hydrazone groups is 1. The van der Waals surface area contributed by atoms with Crippen LogP contribution in [0.2, 0.25) is 0 Å². The van der Waals surface area contributed by atoms with Crippen LogP contribution in [0, 0.1) is 5.82 Å². The quantitative estimate of drug-likeness (QED) is 0.152. The van der Waals surface area contributed by atoms with Crippen molar-refractivity contribution in [3.05, 3.63) is 138 Å². The van der Waals surface area contributed by atoms with Crippen LogP contribution in [0.3, 0.4) is 0 Å². The van der Waals surface area contributed by atoms with Crippen LogP contribution in [0.4, 0.5) is 4.39 Å². The van der Waals surface area contributed by atoms with Crippen LogP contribution in [0.15, 0.2) is 120 Å². The fourth-order valence-electron chi connectivity index (χ4n) is 4.00. The molecule has 0 aliphatic heterocycles. The Hall–Kier alpha value is -5.17. The van der Waals surface area contributed by atoms with Crippen molar-refractivity contribution in [2.75, 3.05) is 6.61 Å². The first-order valence-corrected chi connectivity index (χ1v) is 12.7. The van der Waals surface area contributed by atoms with E-state index in [1.807, 2.05) is 66.7 Å². The molecule has 0 saturated heterocycles. The molecule has 0 radical (unpaired) electrons. The van der Waals surface area contributed by atoms with Gasteiger partial charge in [-0.1, -0.05) is 72.8 Å². The number of carbonyl (C=O) groups is 1. The summed E-state index contributed by atoms with van der Waals surface area (Å²) in [5.41, 5.74) is 5.13. The first-order valence-electron chi connectivity index (χ1n) is 12.7. The second-order valence-corrected chi connectivity index (χ2v) is 8.94. The van der Waals surface area contributed by atoms with E-state index in [0.717, 1.165) is 21.9 Å². The molecule has 0 spiro atoms. The molecular weight excluding hydrogens is 507 g/mol. The van der Waals surface area contributed by atoms with Crippen molar-refractivity contribution in [1.82, 2.24) is 5.43 Å². The lowest BCUT2D eigenvalue weighted by molar-refractivity contribution is -0.123. The maximum Gasteiger partial charge on any atom is 0.277 e. The molecule has 0 aromatic heterocycles. The molecule has 5 aromatic rings. The van der Waals surface area contributed by atoms with Crippen molar-refractivity contribution in [2.24, 2.45) is 5.10 Å². The molecule has 6 nitrogen and oxygen atoms in total. The van der Waals surface area contributed by atoms with E-state index in [2.05, 4.69) is 10.5 Å². The van der Waals surface area contributed by atoms with Gasteiger partial charge >= 0.3 is 0 Å². The number of halogens is 1. The van der Waals surface area contributed by atoms with Gasteiger partial charge in [0.25, 0.3) is 5.91 Å². The van der Waals surface area contributed by atoms with E-state index in [0.29, 0.717) is 29.4 Å². The van der Waals surface area contributed by atoms with Gasteiger partial charge in [-0.25, -0.2) is 9.82 Å². The normalized spacial score (nSPS) is 10.9. The van der Waals surface area contributed by atoms with Gasteiger partial charge in [0.05, 0.1) is 6.21 Å². The summed E-state index contributed by atoms with van der Waals surface area (Å²) >= 11 is 0. The molecule has 0 saturated carbocycles. The van der Waals surface area contributed by atoms with Gasteiger partial charge in [-0.3, -0.25) is 4.79 Å². The minimum absolute atomic E-state index is 0.203. The highest BCUT2D eigenvalue weighted by atomic mass is 19.1. The topological polar surface area (TPSA) is 69.2 Å². The Bertz CT molecular complexity index is 1590. The number of hydrogen-bond acceptors (Lipinski definition) is 5. The zero-order valence-corrected chi connectivity index (χ0v) is 21.6. The van der Waals surface area contributed by atoms with Crippen molar-refractivity contribution < 1.29 is 23.4 Å². The molecule has 40 heavy (non-hydrogen) atoms. The van der Waals surface area contributed by atoms with Crippen molar-refractivity contribution in [3.8, 4) is 17.2 Å². The van der Waals surface area contributed by atoms with Crippen LogP contribution in [0.25, 0.3) is 10.8 Å². The number of nitrogens with one attached hydrogen (secondary N) is 1. The number of ether oxygens (including phenoxy) is 3. The van der Waals surface area contributed by atoms with E-state index in [1.54, 1.807) is 42.6 Å². The van der Waals surface area contributed by atoms with Gasteiger partial charge in [-0.15, -0.1) is 0 Å². The van der Waals surface area contributed by atoms with Crippen LogP contribution in [-0.4, -0.2) is 18.7 Å². The summed E-state index contributed by atoms with van der Waals surface area (Å²) in [7, 11) is 0. The average molecular weight is 535 g/mol. The molecule has 200 valence electrons. The number of nitrogens with zero attached hydrogens (tertiary/aromatic N) is 1. The van der Waals surface area contributed by atoms with Crippen molar-refractivity contribution in [2.45, 2.75) is 13.2 Å². The Kier molecular flexibility index (Phi) is 8.63. The minimum atomic E-state index is -0.408. The third kappa shape index (κ3) is 7.23. The van der Waals surface area contributed by atoms with Gasteiger partial charge < -0.3 is 14.2 Å². The smallest absolute Gasteiger partial charge is 0.277 e. The summed E-state index contributed by atoms with van der Waals surface area (Å²) in [4.78, 5) is 12.4. The van der Waals surface area contributed by atoms with E-state index in [4.69, 9.17) is 14.2 Å². The number of amides is 1. The summed E-state index contributed by atoms with van der Waals surface area (Å²) in [6.45, 7) is 0.526. The second-order valence-electron chi connectivity index (χ2n) is 8.94. The lowest BCUT2D eigenvalue weighted by Crippen LogP contribution is -2.24. The zero-order chi connectivity index (χ0) is 27.6. The molecule has 0 fully saturated rings. The van der Waals surface area contributed by atoms with Crippen LogP contribution >= 0.6 is 0 Å². The first kappa shape index (κ1) is 26.4. The maximum atomic E-state index is 13.2. The summed E-state index contributed by atoms with van der Waals surface area (Å²) in [6.07, 6.45) is 1.55. The highest BCUT2D eigenvalue weighted by Crippen LogP contribution is 2.27. The highest BCUT2D eigenvalue weighted by Gasteiger charge is 2.09. The van der Waals surface area contributed by atoms with Gasteiger partial charge in [0.2, 0.25) is 0 Å². The lowest BCUT2D eigenvalue weighted by atomic mass is 10.0. The van der Waals surface area contributed by atoms with E-state index in [9.17, 15) is 9.18 Å². The predicted molar refractivity (Wildman–Crippen MR) is 153 cm³/mol. The molecular formula is C33H27FN2O4. The van der Waals surface area contributed by atoms with Crippen LogP contribution < -0.4 is 19.6 Å². The molecule has 1 amide bonds. The highest BCUT2D eigenvalue weighted by molar-refractivity contribution is 6.02. The van der Waals surface area contributed by atoms with Crippen LogP contribution in [0.5, 0.6) is 17.2 Å². The van der Waals surface area contributed by atoms with Crippen LogP contribution in [0.1, 0.15) is 16.7 Å². The zero-order valence-electron chi connectivity index (χ0n) is 21.6. The molecule has 5 aromatic carbocycles. The third-order valence-electron chi connectivity index (χ3n) is 6.06. The Labute approximate surface area is 231 Å². The Morgan fingerprint density at radius 2 is 1.35 bits per heavy atom.